The molecule has 2 saturated heterocycles. The molecule has 52 heavy (non-hydrogen) atoms. The number of aromatic amines is 1. The number of nitrogens with zero attached hydrogens (tertiary/aromatic N) is 5. The number of carboxylic acids is 2. The van der Waals surface area contributed by atoms with Gasteiger partial charge in [-0.15, -0.1) is 23.1 Å². The number of aliphatic carboxylic acids is 2. The van der Waals surface area contributed by atoms with Gasteiger partial charge in [0.25, 0.3) is 17.4 Å². The molecular formula is C31H34ClN8O10S2+. The fourth-order valence-corrected chi connectivity index (χ4v) is 8.75. The Morgan fingerprint density at radius 3 is 2.50 bits per heavy atom. The molecule has 0 saturated carbocycles. The van der Waals surface area contributed by atoms with E-state index in [1.807, 2.05) is 6.92 Å². The van der Waals surface area contributed by atoms with Gasteiger partial charge < -0.3 is 45.8 Å². The highest BCUT2D eigenvalue weighted by Gasteiger charge is 2.57. The number of hydrogen-bond donors (Lipinski definition) is 7. The number of quaternary nitrogens is 1. The summed E-state index contributed by atoms with van der Waals surface area (Å²) >= 11 is 8.40. The van der Waals surface area contributed by atoms with Crippen LogP contribution in [0.5, 0.6) is 11.5 Å². The number of phenolic OH excluding ortho intramolecular Hbond substituents is 2. The number of β-lactam (4-membered cyclic amide) rings is 1. The van der Waals surface area contributed by atoms with Crippen molar-refractivity contribution in [1.29, 1.82) is 0 Å². The molecule has 0 aliphatic carbocycles. The van der Waals surface area contributed by atoms with Crippen LogP contribution in [-0.4, -0.2) is 116 Å². The Labute approximate surface area is 307 Å². The predicted octanol–water partition coefficient (Wildman–Crippen LogP) is 1.55. The summed E-state index contributed by atoms with van der Waals surface area (Å²) in [4.78, 5) is 82.1. The van der Waals surface area contributed by atoms with Gasteiger partial charge in [-0.05, 0) is 20.8 Å². The van der Waals surface area contributed by atoms with Gasteiger partial charge in [-0.3, -0.25) is 19.3 Å². The number of nitrogen functional groups attached to an aromatic ring is 1. The smallest absolute Gasteiger partial charge is 0.352 e. The van der Waals surface area contributed by atoms with Crippen molar-refractivity contribution in [3.63, 3.8) is 0 Å². The lowest BCUT2D eigenvalue weighted by molar-refractivity contribution is -0.926. The number of benzene rings is 1. The van der Waals surface area contributed by atoms with E-state index in [1.165, 1.54) is 31.0 Å². The predicted molar refractivity (Wildman–Crippen MR) is 189 cm³/mol. The summed E-state index contributed by atoms with van der Waals surface area (Å²) in [5.41, 5.74) is 3.25. The fourth-order valence-electron chi connectivity index (χ4n) is 6.48. The molecule has 0 spiro atoms. The lowest BCUT2D eigenvalue weighted by atomic mass is 9.99. The zero-order valence-electron chi connectivity index (χ0n) is 27.9. The van der Waals surface area contributed by atoms with Crippen LogP contribution < -0.4 is 16.6 Å². The third-order valence-electron chi connectivity index (χ3n) is 9.22. The number of phenols is 2. The van der Waals surface area contributed by atoms with Gasteiger partial charge in [0.2, 0.25) is 5.60 Å². The monoisotopic (exact) mass is 777 g/mol. The number of carbonyl (C=O) groups is 4. The van der Waals surface area contributed by atoms with E-state index in [0.29, 0.717) is 23.1 Å². The first-order chi connectivity index (χ1) is 24.4. The summed E-state index contributed by atoms with van der Waals surface area (Å²) in [6.07, 6.45) is 1.63. The van der Waals surface area contributed by atoms with Crippen molar-refractivity contribution >= 4 is 80.2 Å². The van der Waals surface area contributed by atoms with Crippen molar-refractivity contribution in [3.8, 4) is 11.5 Å². The summed E-state index contributed by atoms with van der Waals surface area (Å²) in [6.45, 7) is 5.93. The highest BCUT2D eigenvalue weighted by molar-refractivity contribution is 8.00. The number of thioether (sulfide) groups is 1. The molecule has 21 heteroatoms. The summed E-state index contributed by atoms with van der Waals surface area (Å²) in [5.74, 6) is -5.16. The van der Waals surface area contributed by atoms with Crippen LogP contribution in [0.25, 0.3) is 10.9 Å². The van der Waals surface area contributed by atoms with E-state index in [-0.39, 0.29) is 51.4 Å². The maximum absolute atomic E-state index is 13.6. The summed E-state index contributed by atoms with van der Waals surface area (Å²) in [6, 6.07) is -0.0151. The number of rotatable bonds is 11. The molecule has 8 N–H and O–H groups in total. The third kappa shape index (κ3) is 6.61. The maximum atomic E-state index is 13.6. The van der Waals surface area contributed by atoms with Gasteiger partial charge in [0, 0.05) is 35.1 Å². The van der Waals surface area contributed by atoms with Crippen LogP contribution in [0.4, 0.5) is 5.13 Å². The minimum absolute atomic E-state index is 0.0113. The first-order valence-corrected chi connectivity index (χ1v) is 18.1. The van der Waals surface area contributed by atoms with Crippen molar-refractivity contribution in [1.82, 2.24) is 25.2 Å². The number of oxime groups is 1. The largest absolute Gasteiger partial charge is 0.504 e. The van der Waals surface area contributed by atoms with Crippen molar-refractivity contribution < 1.29 is 48.9 Å². The van der Waals surface area contributed by atoms with Crippen LogP contribution in [0.1, 0.15) is 45.1 Å². The number of carbonyl (C=O) groups excluding carboxylic acids is 2. The van der Waals surface area contributed by atoms with Crippen molar-refractivity contribution in [2.75, 3.05) is 25.4 Å². The van der Waals surface area contributed by atoms with E-state index in [0.717, 1.165) is 35.1 Å². The normalized spacial score (nSPS) is 21.5. The SMILES string of the molecule is C[C@@H]1S[C@@H]2[C@H](NC(=O)/C(=N\OC(C)(C)C(=O)O)c3csc(N)n3)C(=O)N2C(C(=O)O)=C1C[N+]1(Cc2nc3cc(O)c(O)c(Cl)c3c(=O)[nH]2)CCCC1. The highest BCUT2D eigenvalue weighted by atomic mass is 35.5. The number of hydrogen-bond acceptors (Lipinski definition) is 14. The Kier molecular flexibility index (Phi) is 9.62. The number of thiazole rings is 1. The molecule has 1 aromatic carbocycles. The van der Waals surface area contributed by atoms with Crippen LogP contribution in [0.3, 0.4) is 0 Å². The first kappa shape index (κ1) is 36.9. The first-order valence-electron chi connectivity index (χ1n) is 15.9. The van der Waals surface area contributed by atoms with Gasteiger partial charge in [-0.25, -0.2) is 19.6 Å². The molecule has 2 amide bonds. The van der Waals surface area contributed by atoms with Gasteiger partial charge >= 0.3 is 11.9 Å². The van der Waals surface area contributed by atoms with E-state index < -0.39 is 68.8 Å². The number of anilines is 1. The van der Waals surface area contributed by atoms with E-state index in [2.05, 4.69) is 25.4 Å². The van der Waals surface area contributed by atoms with Crippen molar-refractivity contribution in [2.45, 2.75) is 62.4 Å². The van der Waals surface area contributed by atoms with Crippen LogP contribution in [0.15, 0.2) is 32.7 Å². The number of aromatic hydroxyl groups is 2. The van der Waals surface area contributed by atoms with E-state index >= 15 is 0 Å². The number of amides is 2. The average molecular weight is 778 g/mol. The van der Waals surface area contributed by atoms with Crippen molar-refractivity contribution in [2.24, 2.45) is 5.16 Å². The molecule has 0 radical (unpaired) electrons. The number of H-pyrrole nitrogens is 1. The molecule has 0 unspecified atom stereocenters. The van der Waals surface area contributed by atoms with Crippen LogP contribution in [0.2, 0.25) is 5.02 Å². The number of halogens is 1. The molecule has 3 aliphatic rings. The summed E-state index contributed by atoms with van der Waals surface area (Å²) < 4.78 is 0.319. The molecule has 2 fully saturated rings. The van der Waals surface area contributed by atoms with Gasteiger partial charge in [-0.2, -0.15) is 0 Å². The summed E-state index contributed by atoms with van der Waals surface area (Å²) in [7, 11) is 0. The van der Waals surface area contributed by atoms with E-state index in [9.17, 15) is 44.4 Å². The highest BCUT2D eigenvalue weighted by Crippen LogP contribution is 2.45. The average Bonchev–Trinajstić information content (AvgIpc) is 3.71. The molecule has 2 aromatic heterocycles. The van der Waals surface area contributed by atoms with Gasteiger partial charge in [0.1, 0.15) is 40.9 Å². The second-order valence-electron chi connectivity index (χ2n) is 13.2. The van der Waals surface area contributed by atoms with Crippen LogP contribution >= 0.6 is 34.7 Å². The standard InChI is InChI=1S/C31H33ClN8O10S2/c1-12-13(9-40(6-4-5-7-40)10-17-34-14-8-16(41)23(42)19(32)18(14)24(43)36-17)22(28(46)47)39-26(45)21(27(39)52-12)37-25(44)20(15-11-51-30(33)35-15)38-50-31(2,3)29(48)49/h8,11-12,21,27H,4-7,9-10H2,1-3H3,(H7-,33,34,35,36,37,38,41,42,43,44,46,47,48,49)/p+1/t12-,21+,27+/m0/s1. The number of nitrogens with two attached hydrogens (primary N) is 1. The van der Waals surface area contributed by atoms with Crippen LogP contribution in [0, 0.1) is 0 Å². The zero-order valence-corrected chi connectivity index (χ0v) is 30.3. The molecule has 3 atom stereocenters. The lowest BCUT2D eigenvalue weighted by Gasteiger charge is -2.51. The quantitative estimate of drug-likeness (QED) is 0.0479. The zero-order chi connectivity index (χ0) is 37.9. The molecule has 276 valence electrons. The maximum Gasteiger partial charge on any atom is 0.352 e. The third-order valence-corrected chi connectivity index (χ3v) is 11.7. The Morgan fingerprint density at radius 2 is 1.88 bits per heavy atom. The van der Waals surface area contributed by atoms with Gasteiger partial charge in [-0.1, -0.05) is 16.8 Å². The summed E-state index contributed by atoms with van der Waals surface area (Å²) in [5, 5.41) is 46.2. The Balaban J connectivity index is 1.27. The molecule has 6 rings (SSSR count). The van der Waals surface area contributed by atoms with Gasteiger partial charge in [0.05, 0.1) is 24.0 Å². The molecule has 3 aromatic rings. The number of nitrogens with one attached hydrogen (secondary N) is 2. The lowest BCUT2D eigenvalue weighted by Crippen LogP contribution is -2.71. The molecule has 3 aliphatic heterocycles. The molecular weight excluding hydrogens is 744 g/mol. The number of fused-ring (bicyclic) bond motifs is 2. The second kappa shape index (κ2) is 13.6. The van der Waals surface area contributed by atoms with Crippen LogP contribution in [-0.2, 0) is 30.6 Å². The molecule has 0 bridgehead atoms. The minimum Gasteiger partial charge on any atom is -0.504 e. The Hall–Kier alpha value is -4.92. The number of aromatic nitrogens is 3. The number of carboxylic acid groups (broad SMARTS) is 2. The minimum atomic E-state index is -1.81. The molecule has 18 nitrogen and oxygen atoms in total. The second-order valence-corrected chi connectivity index (χ2v) is 15.9. The topological polar surface area (TPSA) is 271 Å². The van der Waals surface area contributed by atoms with E-state index in [1.54, 1.807) is 0 Å². The molecule has 5 heterocycles. The van der Waals surface area contributed by atoms with Gasteiger partial charge in [0.15, 0.2) is 28.2 Å². The van der Waals surface area contributed by atoms with Crippen molar-refractivity contribution in [3.05, 3.63) is 49.6 Å². The van der Waals surface area contributed by atoms with E-state index in [4.69, 9.17) is 22.2 Å². The fraction of sp³-hybridized carbons (Fsp3) is 0.419. The number of likely N-dealkylation sites (tertiary alicyclic amines) is 1. The Bertz CT molecular complexity index is 2140. The Morgan fingerprint density at radius 1 is 1.19 bits per heavy atom.